The minimum atomic E-state index is -1.30. The van der Waals surface area contributed by atoms with Gasteiger partial charge in [0.15, 0.2) is 0 Å². The lowest BCUT2D eigenvalue weighted by molar-refractivity contribution is -0.255. The number of hydrogen-bond donors (Lipinski definition) is 2. The lowest BCUT2D eigenvalue weighted by Gasteiger charge is -2.12. The van der Waals surface area contributed by atoms with Crippen LogP contribution in [0, 0.1) is 0 Å². The standard InChI is InChI=1S/C23H18Cl2N2O4S/c24-16-8-5-15(19(25)11-16)12-32-13-21(28)27-20-4-2-1-3-18(20)22(29)26-17-9-6-14(7-10-17)23(30)31/h1-11H,12-13H2,(H,26,29)(H,27,28)(H,30,31)/p-1. The van der Waals surface area contributed by atoms with Gasteiger partial charge < -0.3 is 20.5 Å². The molecule has 0 aliphatic carbocycles. The number of carbonyl (C=O) groups excluding carboxylic acids is 3. The van der Waals surface area contributed by atoms with Crippen molar-refractivity contribution in [3.05, 3.63) is 93.5 Å². The molecule has 0 heterocycles. The molecule has 0 bridgehead atoms. The molecular weight excluding hydrogens is 471 g/mol. The summed E-state index contributed by atoms with van der Waals surface area (Å²) >= 11 is 13.4. The predicted molar refractivity (Wildman–Crippen MR) is 126 cm³/mol. The monoisotopic (exact) mass is 487 g/mol. The molecule has 0 aromatic heterocycles. The largest absolute Gasteiger partial charge is 0.545 e. The second-order valence-electron chi connectivity index (χ2n) is 6.64. The van der Waals surface area contributed by atoms with E-state index in [1.54, 1.807) is 36.4 Å². The van der Waals surface area contributed by atoms with Crippen LogP contribution in [0.15, 0.2) is 66.7 Å². The Morgan fingerprint density at radius 1 is 0.906 bits per heavy atom. The van der Waals surface area contributed by atoms with Crippen LogP contribution in [-0.4, -0.2) is 23.5 Å². The minimum absolute atomic E-state index is 0.00745. The van der Waals surface area contributed by atoms with Gasteiger partial charge in [-0.05, 0) is 47.5 Å². The maximum Gasteiger partial charge on any atom is 0.257 e. The fraction of sp³-hybridized carbons (Fsp3) is 0.0870. The topological polar surface area (TPSA) is 98.3 Å². The Bertz CT molecular complexity index is 1150. The van der Waals surface area contributed by atoms with E-state index >= 15 is 0 Å². The fourth-order valence-electron chi connectivity index (χ4n) is 2.76. The smallest absolute Gasteiger partial charge is 0.257 e. The maximum atomic E-state index is 12.7. The summed E-state index contributed by atoms with van der Waals surface area (Å²) < 4.78 is 0. The number of thioether (sulfide) groups is 1. The average Bonchev–Trinajstić information content (AvgIpc) is 2.76. The van der Waals surface area contributed by atoms with Crippen LogP contribution in [0.25, 0.3) is 0 Å². The number of benzene rings is 3. The zero-order valence-corrected chi connectivity index (χ0v) is 18.9. The highest BCUT2D eigenvalue weighted by Crippen LogP contribution is 2.25. The van der Waals surface area contributed by atoms with Crippen LogP contribution in [0.3, 0.4) is 0 Å². The molecule has 0 saturated heterocycles. The third kappa shape index (κ3) is 6.50. The number of hydrogen-bond acceptors (Lipinski definition) is 5. The molecule has 2 N–H and O–H groups in total. The van der Waals surface area contributed by atoms with Crippen molar-refractivity contribution in [3.8, 4) is 0 Å². The second-order valence-corrected chi connectivity index (χ2v) is 8.47. The van der Waals surface area contributed by atoms with E-state index in [1.807, 2.05) is 6.07 Å². The van der Waals surface area contributed by atoms with E-state index in [0.29, 0.717) is 27.2 Å². The lowest BCUT2D eigenvalue weighted by atomic mass is 10.1. The van der Waals surface area contributed by atoms with Crippen molar-refractivity contribution in [1.29, 1.82) is 0 Å². The Kier molecular flexibility index (Phi) is 8.16. The molecule has 0 saturated carbocycles. The summed E-state index contributed by atoms with van der Waals surface area (Å²) in [6, 6.07) is 17.4. The molecule has 0 unspecified atom stereocenters. The molecule has 164 valence electrons. The van der Waals surface area contributed by atoms with Crippen molar-refractivity contribution in [2.24, 2.45) is 0 Å². The van der Waals surface area contributed by atoms with Crippen molar-refractivity contribution in [3.63, 3.8) is 0 Å². The highest BCUT2D eigenvalue weighted by molar-refractivity contribution is 7.99. The van der Waals surface area contributed by atoms with E-state index in [2.05, 4.69) is 10.6 Å². The van der Waals surface area contributed by atoms with Crippen LogP contribution >= 0.6 is 35.0 Å². The molecule has 0 aliphatic rings. The Morgan fingerprint density at radius 3 is 2.31 bits per heavy atom. The number of rotatable bonds is 8. The highest BCUT2D eigenvalue weighted by Gasteiger charge is 2.14. The van der Waals surface area contributed by atoms with Gasteiger partial charge in [0, 0.05) is 21.5 Å². The second kappa shape index (κ2) is 11.0. The van der Waals surface area contributed by atoms with Crippen LogP contribution in [0.1, 0.15) is 26.3 Å². The molecule has 32 heavy (non-hydrogen) atoms. The van der Waals surface area contributed by atoms with Crippen LogP contribution in [0.2, 0.25) is 10.0 Å². The lowest BCUT2D eigenvalue weighted by Crippen LogP contribution is -2.22. The first-order valence-electron chi connectivity index (χ1n) is 9.37. The number of amides is 2. The summed E-state index contributed by atoms with van der Waals surface area (Å²) in [4.78, 5) is 35.9. The Labute approximate surface area is 198 Å². The molecule has 3 aromatic rings. The summed E-state index contributed by atoms with van der Waals surface area (Å²) in [5.41, 5.74) is 1.94. The molecule has 6 nitrogen and oxygen atoms in total. The summed E-state index contributed by atoms with van der Waals surface area (Å²) in [5, 5.41) is 17.4. The van der Waals surface area contributed by atoms with E-state index in [4.69, 9.17) is 23.2 Å². The van der Waals surface area contributed by atoms with Gasteiger partial charge in [0.1, 0.15) is 0 Å². The van der Waals surface area contributed by atoms with E-state index < -0.39 is 11.9 Å². The summed E-state index contributed by atoms with van der Waals surface area (Å²) in [6.45, 7) is 0. The van der Waals surface area contributed by atoms with E-state index in [1.165, 1.54) is 36.0 Å². The summed E-state index contributed by atoms with van der Waals surface area (Å²) in [7, 11) is 0. The Balaban J connectivity index is 1.59. The van der Waals surface area contributed by atoms with Gasteiger partial charge in [-0.15, -0.1) is 11.8 Å². The number of nitrogens with one attached hydrogen (secondary N) is 2. The first-order chi connectivity index (χ1) is 15.3. The Morgan fingerprint density at radius 2 is 1.62 bits per heavy atom. The zero-order valence-electron chi connectivity index (χ0n) is 16.6. The molecule has 0 spiro atoms. The van der Waals surface area contributed by atoms with Gasteiger partial charge in [-0.2, -0.15) is 0 Å². The third-order valence-corrected chi connectivity index (χ3v) is 5.90. The number of carboxylic acid groups (broad SMARTS) is 1. The first kappa shape index (κ1) is 23.7. The molecule has 3 aromatic carbocycles. The third-order valence-electron chi connectivity index (χ3n) is 4.33. The molecule has 2 amide bonds. The number of halogens is 2. The molecule has 0 atom stereocenters. The van der Waals surface area contributed by atoms with Crippen molar-refractivity contribution in [1.82, 2.24) is 0 Å². The van der Waals surface area contributed by atoms with Crippen LogP contribution < -0.4 is 15.7 Å². The van der Waals surface area contributed by atoms with Gasteiger partial charge in [0.05, 0.1) is 23.0 Å². The van der Waals surface area contributed by atoms with Gasteiger partial charge >= 0.3 is 0 Å². The number of carboxylic acids is 1. The normalized spacial score (nSPS) is 10.4. The van der Waals surface area contributed by atoms with Gasteiger partial charge in [-0.25, -0.2) is 0 Å². The SMILES string of the molecule is O=C(CSCc1ccc(Cl)cc1Cl)Nc1ccccc1C(=O)Nc1ccc(C(=O)[O-])cc1. The van der Waals surface area contributed by atoms with Gasteiger partial charge in [0.2, 0.25) is 5.91 Å². The highest BCUT2D eigenvalue weighted by atomic mass is 35.5. The van der Waals surface area contributed by atoms with Crippen LogP contribution in [0.4, 0.5) is 11.4 Å². The first-order valence-corrected chi connectivity index (χ1v) is 11.3. The summed E-state index contributed by atoms with van der Waals surface area (Å²) in [5.74, 6) is -1.30. The summed E-state index contributed by atoms with van der Waals surface area (Å²) in [6.07, 6.45) is 0. The minimum Gasteiger partial charge on any atom is -0.545 e. The number of carbonyl (C=O) groups is 3. The van der Waals surface area contributed by atoms with Gasteiger partial charge in [-0.1, -0.05) is 53.5 Å². The average molecular weight is 488 g/mol. The van der Waals surface area contributed by atoms with Crippen LogP contribution in [-0.2, 0) is 10.5 Å². The number of aromatic carboxylic acids is 1. The van der Waals surface area contributed by atoms with Gasteiger partial charge in [0.25, 0.3) is 5.91 Å². The van der Waals surface area contributed by atoms with Gasteiger partial charge in [-0.3, -0.25) is 9.59 Å². The quantitative estimate of drug-likeness (QED) is 0.487. The molecule has 0 aliphatic heterocycles. The van der Waals surface area contributed by atoms with Crippen molar-refractivity contribution < 1.29 is 19.5 Å². The van der Waals surface area contributed by atoms with Crippen molar-refractivity contribution in [2.75, 3.05) is 16.4 Å². The number of para-hydroxylation sites is 1. The molecule has 9 heteroatoms. The number of anilines is 2. The zero-order chi connectivity index (χ0) is 23.1. The van der Waals surface area contributed by atoms with Crippen molar-refractivity contribution in [2.45, 2.75) is 5.75 Å². The molecular formula is C23H17Cl2N2O4S-. The Hall–Kier alpha value is -3.00. The molecule has 3 rings (SSSR count). The van der Waals surface area contributed by atoms with E-state index in [-0.39, 0.29) is 22.8 Å². The predicted octanol–water partition coefficient (Wildman–Crippen LogP) is 4.48. The molecule has 0 radical (unpaired) electrons. The van der Waals surface area contributed by atoms with Crippen LogP contribution in [0.5, 0.6) is 0 Å². The van der Waals surface area contributed by atoms with E-state index in [9.17, 15) is 19.5 Å². The maximum absolute atomic E-state index is 12.7. The molecule has 0 fully saturated rings. The van der Waals surface area contributed by atoms with E-state index in [0.717, 1.165) is 5.56 Å². The van der Waals surface area contributed by atoms with Crippen molar-refractivity contribution >= 4 is 64.1 Å². The fourth-order valence-corrected chi connectivity index (χ4v) is 4.14.